The normalized spacial score (nSPS) is 12.4. The van der Waals surface area contributed by atoms with Gasteiger partial charge in [-0.15, -0.1) is 0 Å². The van der Waals surface area contributed by atoms with Crippen LogP contribution in [0.4, 0.5) is 10.1 Å². The lowest BCUT2D eigenvalue weighted by Crippen LogP contribution is -2.02. The summed E-state index contributed by atoms with van der Waals surface area (Å²) in [5.74, 6) is 0.208. The number of nitrogens with zero attached hydrogens (tertiary/aromatic N) is 1. The molecule has 2 aromatic rings. The van der Waals surface area contributed by atoms with Crippen LogP contribution in [-0.4, -0.2) is 4.92 Å². The fourth-order valence-corrected chi connectivity index (χ4v) is 1.57. The van der Waals surface area contributed by atoms with Gasteiger partial charge in [-0.2, -0.15) is 0 Å². The van der Waals surface area contributed by atoms with Crippen LogP contribution < -0.4 is 5.73 Å². The number of hydrogen-bond acceptors (Lipinski definition) is 4. The van der Waals surface area contributed by atoms with Gasteiger partial charge >= 0.3 is 0 Å². The lowest BCUT2D eigenvalue weighted by atomic mass is 10.1. The van der Waals surface area contributed by atoms with Crippen molar-refractivity contribution in [2.24, 2.45) is 5.73 Å². The van der Waals surface area contributed by atoms with Crippen molar-refractivity contribution in [1.82, 2.24) is 0 Å². The van der Waals surface area contributed by atoms with Crippen molar-refractivity contribution in [3.63, 3.8) is 0 Å². The predicted molar refractivity (Wildman–Crippen MR) is 63.4 cm³/mol. The molecule has 0 spiro atoms. The summed E-state index contributed by atoms with van der Waals surface area (Å²) in [4.78, 5) is 9.99. The van der Waals surface area contributed by atoms with Gasteiger partial charge in [-0.3, -0.25) is 10.1 Å². The fourth-order valence-electron chi connectivity index (χ4n) is 1.57. The Morgan fingerprint density at radius 1 is 1.39 bits per heavy atom. The maximum Gasteiger partial charge on any atom is 0.273 e. The van der Waals surface area contributed by atoms with E-state index in [0.29, 0.717) is 17.1 Å². The number of hydrogen-bond donors (Lipinski definition) is 1. The van der Waals surface area contributed by atoms with Crippen molar-refractivity contribution in [2.75, 3.05) is 0 Å². The van der Waals surface area contributed by atoms with Crippen molar-refractivity contribution in [1.29, 1.82) is 0 Å². The summed E-state index contributed by atoms with van der Waals surface area (Å²) in [5.41, 5.74) is 5.63. The lowest BCUT2D eigenvalue weighted by Gasteiger charge is -2.01. The van der Waals surface area contributed by atoms with Gasteiger partial charge in [-0.1, -0.05) is 0 Å². The van der Waals surface area contributed by atoms with Gasteiger partial charge < -0.3 is 10.2 Å². The molecule has 1 heterocycles. The van der Waals surface area contributed by atoms with E-state index in [2.05, 4.69) is 0 Å². The Morgan fingerprint density at radius 3 is 2.67 bits per heavy atom. The number of halogens is 1. The van der Waals surface area contributed by atoms with Crippen molar-refractivity contribution >= 4 is 5.69 Å². The smallest absolute Gasteiger partial charge is 0.273 e. The van der Waals surface area contributed by atoms with Crippen molar-refractivity contribution in [2.45, 2.75) is 13.0 Å². The first-order valence-corrected chi connectivity index (χ1v) is 5.28. The van der Waals surface area contributed by atoms with Crippen LogP contribution in [0.5, 0.6) is 0 Å². The minimum atomic E-state index is -0.682. The molecule has 0 aliphatic heterocycles. The minimum Gasteiger partial charge on any atom is -0.459 e. The predicted octanol–water partition coefficient (Wildman–Crippen LogP) is 3.01. The van der Waals surface area contributed by atoms with E-state index < -0.39 is 10.7 Å². The van der Waals surface area contributed by atoms with Gasteiger partial charge in [0.05, 0.1) is 17.0 Å². The summed E-state index contributed by atoms with van der Waals surface area (Å²) < 4.78 is 18.7. The number of nitro groups is 1. The fraction of sp³-hybridized carbons (Fsp3) is 0.167. The molecule has 0 aliphatic carbocycles. The van der Waals surface area contributed by atoms with E-state index in [4.69, 9.17) is 10.2 Å². The maximum absolute atomic E-state index is 13.3. The van der Waals surface area contributed by atoms with Crippen LogP contribution in [0, 0.1) is 15.9 Å². The molecule has 0 bridgehead atoms. The number of nitrogens with two attached hydrogens (primary N) is 1. The van der Waals surface area contributed by atoms with E-state index in [0.717, 1.165) is 6.07 Å². The summed E-state index contributed by atoms with van der Waals surface area (Å²) in [6, 6.07) is 6.28. The summed E-state index contributed by atoms with van der Waals surface area (Å²) >= 11 is 0. The van der Waals surface area contributed by atoms with Crippen LogP contribution in [-0.2, 0) is 0 Å². The zero-order valence-corrected chi connectivity index (χ0v) is 9.59. The maximum atomic E-state index is 13.3. The van der Waals surface area contributed by atoms with Crippen LogP contribution in [0.15, 0.2) is 34.7 Å². The summed E-state index contributed by atoms with van der Waals surface area (Å²) in [6.45, 7) is 1.75. The van der Waals surface area contributed by atoms with Crippen LogP contribution in [0.25, 0.3) is 11.3 Å². The highest BCUT2D eigenvalue weighted by Gasteiger charge is 2.14. The summed E-state index contributed by atoms with van der Waals surface area (Å²) in [6.07, 6.45) is 0. The third-order valence-electron chi connectivity index (χ3n) is 2.45. The van der Waals surface area contributed by atoms with E-state index in [1.165, 1.54) is 12.1 Å². The van der Waals surface area contributed by atoms with Gasteiger partial charge in [-0.05, 0) is 25.1 Å². The third-order valence-corrected chi connectivity index (χ3v) is 2.45. The average molecular weight is 250 g/mol. The Kier molecular flexibility index (Phi) is 3.12. The molecule has 0 radical (unpaired) electrons. The van der Waals surface area contributed by atoms with Crippen LogP contribution >= 0.6 is 0 Å². The van der Waals surface area contributed by atoms with E-state index in [-0.39, 0.29) is 11.7 Å². The molecule has 2 N–H and O–H groups in total. The molecule has 1 aromatic heterocycles. The topological polar surface area (TPSA) is 82.3 Å². The highest BCUT2D eigenvalue weighted by atomic mass is 19.1. The third kappa shape index (κ3) is 2.38. The minimum absolute atomic E-state index is 0.290. The lowest BCUT2D eigenvalue weighted by molar-refractivity contribution is -0.385. The second-order valence-electron chi connectivity index (χ2n) is 3.95. The average Bonchev–Trinajstić information content (AvgIpc) is 2.77. The van der Waals surface area contributed by atoms with E-state index in [1.807, 2.05) is 0 Å². The molecule has 18 heavy (non-hydrogen) atoms. The molecule has 6 heteroatoms. The number of nitro benzene ring substituents is 1. The molecule has 1 atom stereocenters. The quantitative estimate of drug-likeness (QED) is 0.670. The number of furan rings is 1. The van der Waals surface area contributed by atoms with Crippen LogP contribution in [0.3, 0.4) is 0 Å². The summed E-state index contributed by atoms with van der Waals surface area (Å²) in [7, 11) is 0. The van der Waals surface area contributed by atoms with Crippen LogP contribution in [0.2, 0.25) is 0 Å². The molecule has 0 aliphatic rings. The van der Waals surface area contributed by atoms with Gasteiger partial charge in [0.15, 0.2) is 0 Å². The Morgan fingerprint density at radius 2 is 2.11 bits per heavy atom. The first-order valence-electron chi connectivity index (χ1n) is 5.28. The first kappa shape index (κ1) is 12.3. The van der Waals surface area contributed by atoms with Gasteiger partial charge in [0.1, 0.15) is 17.3 Å². The highest BCUT2D eigenvalue weighted by molar-refractivity contribution is 5.61. The Labute approximate surface area is 102 Å². The van der Waals surface area contributed by atoms with Gasteiger partial charge in [0.2, 0.25) is 0 Å². The van der Waals surface area contributed by atoms with Crippen LogP contribution in [0.1, 0.15) is 18.7 Å². The van der Waals surface area contributed by atoms with Gasteiger partial charge in [0, 0.05) is 11.6 Å². The molecule has 2 rings (SSSR count). The standard InChI is InChI=1S/C12H11FN2O3/c1-7(14)11-2-3-12(18-11)8-4-9(13)6-10(5-8)15(16)17/h2-7H,14H2,1H3. The highest BCUT2D eigenvalue weighted by Crippen LogP contribution is 2.28. The number of rotatable bonds is 3. The zero-order valence-electron chi connectivity index (χ0n) is 9.59. The molecular formula is C12H11FN2O3. The second kappa shape index (κ2) is 4.58. The zero-order chi connectivity index (χ0) is 13.3. The van der Waals surface area contributed by atoms with Crippen molar-refractivity contribution < 1.29 is 13.7 Å². The summed E-state index contributed by atoms with van der Waals surface area (Å²) in [5, 5.41) is 10.6. The molecular weight excluding hydrogens is 239 g/mol. The van der Waals surface area contributed by atoms with E-state index in [9.17, 15) is 14.5 Å². The van der Waals surface area contributed by atoms with Gasteiger partial charge in [0.25, 0.3) is 5.69 Å². The second-order valence-corrected chi connectivity index (χ2v) is 3.95. The Balaban J connectivity index is 2.46. The monoisotopic (exact) mass is 250 g/mol. The molecule has 5 nitrogen and oxygen atoms in total. The Bertz CT molecular complexity index is 593. The molecule has 0 saturated carbocycles. The van der Waals surface area contributed by atoms with E-state index in [1.54, 1.807) is 19.1 Å². The first-order chi connectivity index (χ1) is 8.47. The molecule has 94 valence electrons. The molecule has 0 amide bonds. The molecule has 0 saturated heterocycles. The SMILES string of the molecule is CC(N)c1ccc(-c2cc(F)cc([N+](=O)[O-])c2)o1. The van der Waals surface area contributed by atoms with Crippen molar-refractivity contribution in [3.8, 4) is 11.3 Å². The molecule has 1 unspecified atom stereocenters. The largest absolute Gasteiger partial charge is 0.459 e. The van der Waals surface area contributed by atoms with Crippen molar-refractivity contribution in [3.05, 3.63) is 52.0 Å². The number of non-ortho nitro benzene ring substituents is 1. The molecule has 0 fully saturated rings. The van der Waals surface area contributed by atoms with Gasteiger partial charge in [-0.25, -0.2) is 4.39 Å². The van der Waals surface area contributed by atoms with E-state index >= 15 is 0 Å². The number of benzene rings is 1. The Hall–Kier alpha value is -2.21. The molecule has 1 aromatic carbocycles.